The fourth-order valence-electron chi connectivity index (χ4n) is 2.39. The van der Waals surface area contributed by atoms with E-state index in [1.807, 2.05) is 49.5 Å². The molecule has 0 aliphatic carbocycles. The van der Waals surface area contributed by atoms with Crippen molar-refractivity contribution in [2.75, 3.05) is 33.9 Å². The molecule has 0 unspecified atom stereocenters. The molecule has 1 amide bonds. The van der Waals surface area contributed by atoms with Crippen LogP contribution in [0.25, 0.3) is 0 Å². The predicted molar refractivity (Wildman–Crippen MR) is 98.9 cm³/mol. The van der Waals surface area contributed by atoms with Gasteiger partial charge in [-0.1, -0.05) is 30.3 Å². The van der Waals surface area contributed by atoms with Crippen molar-refractivity contribution in [3.63, 3.8) is 0 Å². The van der Waals surface area contributed by atoms with Crippen LogP contribution < -0.4 is 14.8 Å². The summed E-state index contributed by atoms with van der Waals surface area (Å²) in [6.45, 7) is 2.50. The Morgan fingerprint density at radius 3 is 2.40 bits per heavy atom. The number of methoxy groups -OCH3 is 1. The van der Waals surface area contributed by atoms with E-state index in [1.165, 1.54) is 5.56 Å². The molecule has 0 aromatic heterocycles. The molecule has 5 heteroatoms. The molecule has 0 radical (unpaired) electrons. The fourth-order valence-corrected chi connectivity index (χ4v) is 2.39. The molecule has 0 aliphatic heterocycles. The first-order chi connectivity index (χ1) is 12.2. The average molecular weight is 342 g/mol. The minimum absolute atomic E-state index is 0.0400. The number of nitrogens with zero attached hydrogens (tertiary/aromatic N) is 1. The van der Waals surface area contributed by atoms with Crippen LogP contribution in [0.5, 0.6) is 11.5 Å². The predicted octanol–water partition coefficient (Wildman–Crippen LogP) is 2.71. The van der Waals surface area contributed by atoms with Crippen LogP contribution in [0.3, 0.4) is 0 Å². The molecule has 2 aromatic rings. The maximum Gasteiger partial charge on any atom is 0.221 e. The van der Waals surface area contributed by atoms with Crippen molar-refractivity contribution in [3.8, 4) is 11.5 Å². The van der Waals surface area contributed by atoms with Crippen molar-refractivity contribution in [1.82, 2.24) is 10.2 Å². The Kier molecular flexibility index (Phi) is 7.79. The highest BCUT2D eigenvalue weighted by Gasteiger charge is 2.05. The zero-order chi connectivity index (χ0) is 17.9. The zero-order valence-corrected chi connectivity index (χ0v) is 14.9. The third-order valence-corrected chi connectivity index (χ3v) is 3.77. The van der Waals surface area contributed by atoms with E-state index in [1.54, 1.807) is 7.11 Å². The molecule has 0 aliphatic rings. The van der Waals surface area contributed by atoms with Crippen molar-refractivity contribution in [3.05, 3.63) is 60.2 Å². The van der Waals surface area contributed by atoms with Crippen LogP contribution in [0, 0.1) is 0 Å². The molecule has 0 atom stereocenters. The van der Waals surface area contributed by atoms with Crippen molar-refractivity contribution in [2.45, 2.75) is 13.0 Å². The first-order valence-corrected chi connectivity index (χ1v) is 8.43. The minimum atomic E-state index is 0.0400. The highest BCUT2D eigenvalue weighted by Crippen LogP contribution is 2.16. The van der Waals surface area contributed by atoms with Crippen molar-refractivity contribution >= 4 is 5.91 Å². The largest absolute Gasteiger partial charge is 0.497 e. The van der Waals surface area contributed by atoms with Crippen LogP contribution in [0.4, 0.5) is 0 Å². The maximum absolute atomic E-state index is 11.9. The van der Waals surface area contributed by atoms with Crippen molar-refractivity contribution < 1.29 is 14.3 Å². The van der Waals surface area contributed by atoms with Gasteiger partial charge in [-0.3, -0.25) is 4.79 Å². The lowest BCUT2D eigenvalue weighted by molar-refractivity contribution is -0.121. The second-order valence-electron chi connectivity index (χ2n) is 5.85. The Labute approximate surface area is 149 Å². The van der Waals surface area contributed by atoms with Gasteiger partial charge in [-0.2, -0.15) is 0 Å². The van der Waals surface area contributed by atoms with Gasteiger partial charge in [0.1, 0.15) is 18.1 Å². The first-order valence-electron chi connectivity index (χ1n) is 8.43. The minimum Gasteiger partial charge on any atom is -0.497 e. The summed E-state index contributed by atoms with van der Waals surface area (Å²) in [5, 5.41) is 2.88. The number of hydrogen-bond acceptors (Lipinski definition) is 4. The van der Waals surface area contributed by atoms with Crippen molar-refractivity contribution in [1.29, 1.82) is 0 Å². The number of carbonyl (C=O) groups excluding carboxylic acids is 1. The summed E-state index contributed by atoms with van der Waals surface area (Å²) in [6.07, 6.45) is 0.478. The number of benzene rings is 2. The van der Waals surface area contributed by atoms with E-state index >= 15 is 0 Å². The maximum atomic E-state index is 11.9. The third-order valence-electron chi connectivity index (χ3n) is 3.77. The van der Waals surface area contributed by atoms with E-state index in [-0.39, 0.29) is 5.91 Å². The lowest BCUT2D eigenvalue weighted by Crippen LogP contribution is -2.31. The van der Waals surface area contributed by atoms with Gasteiger partial charge in [0.25, 0.3) is 0 Å². The number of hydrogen-bond donors (Lipinski definition) is 1. The van der Waals surface area contributed by atoms with Gasteiger partial charge in [0.15, 0.2) is 0 Å². The molecular weight excluding hydrogens is 316 g/mol. The quantitative estimate of drug-likeness (QED) is 0.675. The van der Waals surface area contributed by atoms with E-state index in [9.17, 15) is 4.79 Å². The number of rotatable bonds is 10. The second-order valence-corrected chi connectivity index (χ2v) is 5.85. The van der Waals surface area contributed by atoms with Gasteiger partial charge in [0.05, 0.1) is 13.7 Å². The van der Waals surface area contributed by atoms with E-state index < -0.39 is 0 Å². The summed E-state index contributed by atoms with van der Waals surface area (Å²) in [7, 11) is 3.65. The van der Waals surface area contributed by atoms with E-state index in [2.05, 4.69) is 22.3 Å². The van der Waals surface area contributed by atoms with Gasteiger partial charge < -0.3 is 19.7 Å². The molecule has 0 saturated heterocycles. The van der Waals surface area contributed by atoms with Gasteiger partial charge in [0, 0.05) is 19.5 Å². The van der Waals surface area contributed by atoms with Crippen molar-refractivity contribution in [2.24, 2.45) is 0 Å². The molecule has 0 bridgehead atoms. The summed E-state index contributed by atoms with van der Waals surface area (Å²) in [5.41, 5.74) is 1.25. The van der Waals surface area contributed by atoms with Gasteiger partial charge in [-0.15, -0.1) is 0 Å². The van der Waals surface area contributed by atoms with E-state index in [0.29, 0.717) is 19.6 Å². The van der Waals surface area contributed by atoms with Gasteiger partial charge in [-0.25, -0.2) is 0 Å². The SMILES string of the molecule is COc1ccc(OCCNC(=O)CCN(C)Cc2ccccc2)cc1. The summed E-state index contributed by atoms with van der Waals surface area (Å²) < 4.78 is 10.7. The molecule has 0 fully saturated rings. The lowest BCUT2D eigenvalue weighted by atomic mass is 10.2. The highest BCUT2D eigenvalue weighted by molar-refractivity contribution is 5.76. The third kappa shape index (κ3) is 7.27. The molecule has 25 heavy (non-hydrogen) atoms. The van der Waals surface area contributed by atoms with Crippen LogP contribution >= 0.6 is 0 Å². The smallest absolute Gasteiger partial charge is 0.221 e. The lowest BCUT2D eigenvalue weighted by Gasteiger charge is -2.16. The van der Waals surface area contributed by atoms with Gasteiger partial charge in [0.2, 0.25) is 5.91 Å². The van der Waals surface area contributed by atoms with E-state index in [0.717, 1.165) is 24.6 Å². The topological polar surface area (TPSA) is 50.8 Å². The first kappa shape index (κ1) is 18.8. The summed E-state index contributed by atoms with van der Waals surface area (Å²) in [6, 6.07) is 17.6. The second kappa shape index (κ2) is 10.4. The van der Waals surface area contributed by atoms with Crippen LogP contribution in [0.2, 0.25) is 0 Å². The van der Waals surface area contributed by atoms with Crippen LogP contribution in [0.1, 0.15) is 12.0 Å². The average Bonchev–Trinajstić information content (AvgIpc) is 2.65. The summed E-state index contributed by atoms with van der Waals surface area (Å²) in [5.74, 6) is 1.59. The Balaban J connectivity index is 1.57. The molecule has 134 valence electrons. The molecular formula is C20H26N2O3. The normalized spacial score (nSPS) is 10.5. The van der Waals surface area contributed by atoms with Crippen LogP contribution in [-0.4, -0.2) is 44.7 Å². The fraction of sp³-hybridized carbons (Fsp3) is 0.350. The Bertz CT molecular complexity index is 629. The van der Waals surface area contributed by atoms with Crippen LogP contribution in [0.15, 0.2) is 54.6 Å². The molecule has 5 nitrogen and oxygen atoms in total. The summed E-state index contributed by atoms with van der Waals surface area (Å²) in [4.78, 5) is 14.0. The standard InChI is InChI=1S/C20H26N2O3/c1-22(16-17-6-4-3-5-7-17)14-12-20(23)21-13-15-25-19-10-8-18(24-2)9-11-19/h3-11H,12-16H2,1-2H3,(H,21,23). The van der Waals surface area contributed by atoms with Crippen LogP contribution in [-0.2, 0) is 11.3 Å². The molecule has 2 aromatic carbocycles. The van der Waals surface area contributed by atoms with E-state index in [4.69, 9.17) is 9.47 Å². The monoisotopic (exact) mass is 342 g/mol. The zero-order valence-electron chi connectivity index (χ0n) is 14.9. The number of carbonyl (C=O) groups is 1. The number of amides is 1. The highest BCUT2D eigenvalue weighted by atomic mass is 16.5. The summed E-state index contributed by atoms with van der Waals surface area (Å²) >= 11 is 0. The molecule has 0 saturated carbocycles. The Hall–Kier alpha value is -2.53. The molecule has 0 heterocycles. The molecule has 1 N–H and O–H groups in total. The van der Waals surface area contributed by atoms with Gasteiger partial charge in [-0.05, 0) is 36.9 Å². The van der Waals surface area contributed by atoms with Gasteiger partial charge >= 0.3 is 0 Å². The molecule has 0 spiro atoms. The Morgan fingerprint density at radius 2 is 1.72 bits per heavy atom. The Morgan fingerprint density at radius 1 is 1.04 bits per heavy atom. The molecule has 2 rings (SSSR count). The number of nitrogens with one attached hydrogen (secondary N) is 1. The number of ether oxygens (including phenoxy) is 2.